The molecule has 204 valence electrons. The van der Waals surface area contributed by atoms with Crippen LogP contribution >= 0.6 is 0 Å². The SMILES string of the molecule is CC(C)(C)c1ccc(-c2c(C(=O)Oc3ccccc3)cc(C(C)(C)C)c(O)c2C(C)(C)C)c(C(C)(C)C)c1. The Bertz CT molecular complexity index is 1320. The van der Waals surface area contributed by atoms with E-state index in [1.165, 1.54) is 5.56 Å². The smallest absolute Gasteiger partial charge is 0.344 e. The van der Waals surface area contributed by atoms with E-state index in [2.05, 4.69) is 101 Å². The number of aromatic hydroxyl groups is 1. The predicted molar refractivity (Wildman–Crippen MR) is 160 cm³/mol. The number of hydrogen-bond donors (Lipinski definition) is 1. The van der Waals surface area contributed by atoms with Gasteiger partial charge in [0.2, 0.25) is 0 Å². The first-order valence-electron chi connectivity index (χ1n) is 13.6. The van der Waals surface area contributed by atoms with Gasteiger partial charge in [-0.1, -0.05) is 119 Å². The summed E-state index contributed by atoms with van der Waals surface area (Å²) in [6.45, 7) is 25.6. The van der Waals surface area contributed by atoms with Gasteiger partial charge in [0.25, 0.3) is 0 Å². The highest BCUT2D eigenvalue weighted by molar-refractivity contribution is 6.01. The second-order valence-electron chi connectivity index (χ2n) is 14.5. The molecule has 0 aliphatic rings. The number of phenolic OH excluding ortho intramolecular Hbond substituents is 1. The first kappa shape index (κ1) is 29.5. The van der Waals surface area contributed by atoms with Crippen molar-refractivity contribution in [3.63, 3.8) is 0 Å². The van der Waals surface area contributed by atoms with Crippen LogP contribution in [0.25, 0.3) is 11.1 Å². The van der Waals surface area contributed by atoms with Gasteiger partial charge in [0, 0.05) is 16.7 Å². The lowest BCUT2D eigenvalue weighted by molar-refractivity contribution is 0.0735. The largest absolute Gasteiger partial charge is 0.507 e. The Morgan fingerprint density at radius 3 is 1.68 bits per heavy atom. The minimum absolute atomic E-state index is 0.0291. The number of rotatable bonds is 3. The van der Waals surface area contributed by atoms with E-state index in [1.54, 1.807) is 12.1 Å². The number of benzene rings is 3. The van der Waals surface area contributed by atoms with Gasteiger partial charge in [-0.3, -0.25) is 0 Å². The number of carbonyl (C=O) groups is 1. The van der Waals surface area contributed by atoms with E-state index in [9.17, 15) is 9.90 Å². The Hall–Kier alpha value is -3.07. The van der Waals surface area contributed by atoms with Crippen LogP contribution in [0.4, 0.5) is 0 Å². The summed E-state index contributed by atoms with van der Waals surface area (Å²) >= 11 is 0. The van der Waals surface area contributed by atoms with Crippen molar-refractivity contribution in [2.75, 3.05) is 0 Å². The fourth-order valence-corrected chi connectivity index (χ4v) is 4.92. The van der Waals surface area contributed by atoms with E-state index >= 15 is 0 Å². The van der Waals surface area contributed by atoms with Crippen molar-refractivity contribution in [3.8, 4) is 22.6 Å². The van der Waals surface area contributed by atoms with Crippen LogP contribution in [-0.4, -0.2) is 11.1 Å². The Labute approximate surface area is 230 Å². The molecule has 3 aromatic rings. The van der Waals surface area contributed by atoms with E-state index in [1.807, 2.05) is 24.3 Å². The Balaban J connectivity index is 2.51. The number of phenols is 1. The summed E-state index contributed by atoms with van der Waals surface area (Å²) in [4.78, 5) is 14.0. The lowest BCUT2D eigenvalue weighted by Gasteiger charge is -2.34. The molecule has 0 saturated heterocycles. The molecule has 0 spiro atoms. The van der Waals surface area contributed by atoms with Crippen LogP contribution in [0.2, 0.25) is 0 Å². The fraction of sp³-hybridized carbons (Fsp3) is 0.457. The van der Waals surface area contributed by atoms with Crippen LogP contribution in [0.3, 0.4) is 0 Å². The monoisotopic (exact) mass is 514 g/mol. The number of ether oxygens (including phenoxy) is 1. The fourth-order valence-electron chi connectivity index (χ4n) is 4.92. The molecule has 0 aliphatic heterocycles. The highest BCUT2D eigenvalue weighted by atomic mass is 16.5. The lowest BCUT2D eigenvalue weighted by atomic mass is 9.71. The second kappa shape index (κ2) is 9.91. The van der Waals surface area contributed by atoms with Crippen molar-refractivity contribution in [1.29, 1.82) is 0 Å². The third kappa shape index (κ3) is 6.14. The van der Waals surface area contributed by atoms with Crippen LogP contribution in [0.5, 0.6) is 11.5 Å². The Morgan fingerprint density at radius 1 is 0.658 bits per heavy atom. The van der Waals surface area contributed by atoms with Crippen molar-refractivity contribution in [3.05, 3.63) is 82.4 Å². The minimum Gasteiger partial charge on any atom is -0.507 e. The zero-order chi connectivity index (χ0) is 28.8. The molecule has 0 radical (unpaired) electrons. The zero-order valence-electron chi connectivity index (χ0n) is 25.5. The first-order valence-corrected chi connectivity index (χ1v) is 13.6. The molecule has 0 atom stereocenters. The maximum Gasteiger partial charge on any atom is 0.344 e. The molecule has 0 aromatic heterocycles. The maximum absolute atomic E-state index is 14.0. The summed E-state index contributed by atoms with van der Waals surface area (Å²) in [7, 11) is 0. The van der Waals surface area contributed by atoms with Crippen molar-refractivity contribution in [1.82, 2.24) is 0 Å². The number of hydrogen-bond acceptors (Lipinski definition) is 3. The molecular formula is C35H46O3. The van der Waals surface area contributed by atoms with E-state index in [0.29, 0.717) is 11.3 Å². The van der Waals surface area contributed by atoms with Gasteiger partial charge in [0.1, 0.15) is 11.5 Å². The first-order chi connectivity index (χ1) is 17.2. The van der Waals surface area contributed by atoms with Gasteiger partial charge in [-0.15, -0.1) is 0 Å². The van der Waals surface area contributed by atoms with Crippen LogP contribution in [-0.2, 0) is 21.7 Å². The van der Waals surface area contributed by atoms with Gasteiger partial charge in [-0.25, -0.2) is 4.79 Å². The molecule has 38 heavy (non-hydrogen) atoms. The molecule has 0 aliphatic carbocycles. The van der Waals surface area contributed by atoms with Gasteiger partial charge >= 0.3 is 5.97 Å². The van der Waals surface area contributed by atoms with Gasteiger partial charge in [-0.2, -0.15) is 0 Å². The van der Waals surface area contributed by atoms with E-state index in [-0.39, 0.29) is 22.0 Å². The molecule has 3 rings (SSSR count). The van der Waals surface area contributed by atoms with Crippen molar-refractivity contribution in [2.45, 2.75) is 105 Å². The topological polar surface area (TPSA) is 46.5 Å². The molecule has 0 unspecified atom stereocenters. The van der Waals surface area contributed by atoms with Crippen molar-refractivity contribution in [2.24, 2.45) is 0 Å². The molecule has 0 amide bonds. The van der Waals surface area contributed by atoms with Crippen LogP contribution in [0.1, 0.15) is 116 Å². The number of para-hydroxylation sites is 1. The maximum atomic E-state index is 14.0. The van der Waals surface area contributed by atoms with Gasteiger partial charge < -0.3 is 9.84 Å². The van der Waals surface area contributed by atoms with Gasteiger partial charge in [0.15, 0.2) is 0 Å². The molecular weight excluding hydrogens is 468 g/mol. The van der Waals surface area contributed by atoms with Gasteiger partial charge in [-0.05, 0) is 56.5 Å². The Kier molecular flexibility index (Phi) is 7.69. The highest BCUT2D eigenvalue weighted by Gasteiger charge is 2.35. The molecule has 3 aromatic carbocycles. The Morgan fingerprint density at radius 2 is 1.21 bits per heavy atom. The standard InChI is InChI=1S/C35H46O3/c1-32(2,3)22-18-19-24(26(20-22)33(4,5)6)28-25(31(37)38-23-16-14-13-15-17-23)21-27(34(7,8)9)30(36)29(28)35(10,11)12/h13-21,36H,1-12H3. The summed E-state index contributed by atoms with van der Waals surface area (Å²) in [5.41, 5.74) is 4.96. The number of esters is 1. The second-order valence-corrected chi connectivity index (χ2v) is 14.5. The molecule has 0 fully saturated rings. The molecule has 3 nitrogen and oxygen atoms in total. The third-order valence-corrected chi connectivity index (χ3v) is 6.99. The summed E-state index contributed by atoms with van der Waals surface area (Å²) < 4.78 is 5.92. The van der Waals surface area contributed by atoms with Gasteiger partial charge in [0.05, 0.1) is 5.56 Å². The molecule has 0 saturated carbocycles. The van der Waals surface area contributed by atoms with Crippen molar-refractivity contribution >= 4 is 5.97 Å². The summed E-state index contributed by atoms with van der Waals surface area (Å²) in [5, 5.41) is 11.8. The molecule has 0 heterocycles. The van der Waals surface area contributed by atoms with Crippen LogP contribution in [0, 0.1) is 0 Å². The average Bonchev–Trinajstić information content (AvgIpc) is 2.76. The van der Waals surface area contributed by atoms with E-state index in [4.69, 9.17) is 4.74 Å². The molecule has 1 N–H and O–H groups in total. The quantitative estimate of drug-likeness (QED) is 0.280. The number of carbonyl (C=O) groups excluding carboxylic acids is 1. The summed E-state index contributed by atoms with van der Waals surface area (Å²) in [6.07, 6.45) is 0. The normalized spacial score (nSPS) is 12.9. The predicted octanol–water partition coefficient (Wildman–Crippen LogP) is 9.47. The molecule has 3 heteroatoms. The highest BCUT2D eigenvalue weighted by Crippen LogP contribution is 2.49. The van der Waals surface area contributed by atoms with Crippen LogP contribution < -0.4 is 4.74 Å². The van der Waals surface area contributed by atoms with Crippen LogP contribution in [0.15, 0.2) is 54.6 Å². The van der Waals surface area contributed by atoms with E-state index < -0.39 is 11.4 Å². The minimum atomic E-state index is -0.444. The third-order valence-electron chi connectivity index (χ3n) is 6.99. The van der Waals surface area contributed by atoms with E-state index in [0.717, 1.165) is 27.8 Å². The van der Waals surface area contributed by atoms with Crippen molar-refractivity contribution < 1.29 is 14.6 Å². The molecule has 0 bridgehead atoms. The lowest BCUT2D eigenvalue weighted by Crippen LogP contribution is -2.24. The summed E-state index contributed by atoms with van der Waals surface area (Å²) in [6, 6.07) is 17.6. The average molecular weight is 515 g/mol. The zero-order valence-corrected chi connectivity index (χ0v) is 25.5. The summed E-state index contributed by atoms with van der Waals surface area (Å²) in [5.74, 6) is 0.309.